The highest BCUT2D eigenvalue weighted by atomic mass is 16.2. The summed E-state index contributed by atoms with van der Waals surface area (Å²) in [5.74, 6) is 0.753. The molecule has 2 fully saturated rings. The number of nitrogens with one attached hydrogen (secondary N) is 1. The Morgan fingerprint density at radius 2 is 1.95 bits per heavy atom. The third kappa shape index (κ3) is 2.85. The molecule has 0 aromatic carbocycles. The number of hydrogen-bond donors (Lipinski definition) is 1. The Bertz CT molecular complexity index is 436. The van der Waals surface area contributed by atoms with E-state index in [1.165, 1.54) is 12.8 Å². The van der Waals surface area contributed by atoms with Crippen molar-refractivity contribution in [3.05, 3.63) is 0 Å². The highest BCUT2D eigenvalue weighted by molar-refractivity contribution is 6.39. The molecule has 0 aromatic heterocycles. The normalized spacial score (nSPS) is 25.9. The van der Waals surface area contributed by atoms with Gasteiger partial charge in [-0.25, -0.2) is 5.43 Å². The van der Waals surface area contributed by atoms with Gasteiger partial charge in [0.1, 0.15) is 5.71 Å². The van der Waals surface area contributed by atoms with Crippen LogP contribution in [0, 0.1) is 5.92 Å². The van der Waals surface area contributed by atoms with Crippen LogP contribution in [0.2, 0.25) is 0 Å². The molecule has 1 atom stereocenters. The molecule has 1 unspecified atom stereocenters. The molecular weight excluding hydrogens is 256 g/mol. The predicted octanol–water partition coefficient (Wildman–Crippen LogP) is 0.195. The van der Waals surface area contributed by atoms with E-state index in [-0.39, 0.29) is 11.8 Å². The first-order valence-electron chi connectivity index (χ1n) is 7.54. The molecule has 2 heterocycles. The third-order valence-corrected chi connectivity index (χ3v) is 4.63. The zero-order chi connectivity index (χ0) is 14.1. The van der Waals surface area contributed by atoms with Gasteiger partial charge in [-0.2, -0.15) is 5.10 Å². The van der Waals surface area contributed by atoms with E-state index in [9.17, 15) is 9.59 Å². The molecule has 1 N–H and O–H groups in total. The molecule has 20 heavy (non-hydrogen) atoms. The van der Waals surface area contributed by atoms with E-state index in [4.69, 9.17) is 0 Å². The van der Waals surface area contributed by atoms with E-state index in [2.05, 4.69) is 22.4 Å². The van der Waals surface area contributed by atoms with E-state index < -0.39 is 0 Å². The quantitative estimate of drug-likeness (QED) is 0.802. The fraction of sp³-hybridized carbons (Fsp3) is 0.786. The minimum Gasteiger partial charge on any atom is -0.335 e. The lowest BCUT2D eigenvalue weighted by Gasteiger charge is -2.38. The van der Waals surface area contributed by atoms with Crippen molar-refractivity contribution in [1.29, 1.82) is 0 Å². The standard InChI is InChI=1S/C14H22N4O2/c1-10(11-2-3-11)17-6-8-18(9-7-17)14(20)12-4-5-13(19)16-15-12/h10-11H,2-9H2,1H3,(H,16,19). The SMILES string of the molecule is CC(C1CC1)N1CCN(C(=O)C2=NNC(=O)CC2)CC1. The van der Waals surface area contributed by atoms with Gasteiger partial charge in [0, 0.05) is 45.1 Å². The van der Waals surface area contributed by atoms with E-state index in [0.717, 1.165) is 32.1 Å². The number of carbonyl (C=O) groups is 2. The number of rotatable bonds is 3. The van der Waals surface area contributed by atoms with Crippen LogP contribution in [-0.4, -0.2) is 59.5 Å². The molecule has 0 radical (unpaired) electrons. The Labute approximate surface area is 119 Å². The topological polar surface area (TPSA) is 65.0 Å². The Balaban J connectivity index is 1.52. The molecule has 0 spiro atoms. The number of hydrazone groups is 1. The van der Waals surface area contributed by atoms with Crippen molar-refractivity contribution < 1.29 is 9.59 Å². The highest BCUT2D eigenvalue weighted by Crippen LogP contribution is 2.35. The summed E-state index contributed by atoms with van der Waals surface area (Å²) >= 11 is 0. The van der Waals surface area contributed by atoms with Crippen molar-refractivity contribution in [3.8, 4) is 0 Å². The lowest BCUT2D eigenvalue weighted by molar-refractivity contribution is -0.126. The largest absolute Gasteiger partial charge is 0.335 e. The zero-order valence-electron chi connectivity index (χ0n) is 12.0. The van der Waals surface area contributed by atoms with Crippen LogP contribution in [0.4, 0.5) is 0 Å². The summed E-state index contributed by atoms with van der Waals surface area (Å²) in [6.07, 6.45) is 3.54. The van der Waals surface area contributed by atoms with Crippen molar-refractivity contribution in [2.75, 3.05) is 26.2 Å². The van der Waals surface area contributed by atoms with Crippen LogP contribution in [0.25, 0.3) is 0 Å². The predicted molar refractivity (Wildman–Crippen MR) is 75.2 cm³/mol. The van der Waals surface area contributed by atoms with Gasteiger partial charge < -0.3 is 4.90 Å². The maximum absolute atomic E-state index is 12.3. The molecule has 6 heteroatoms. The molecule has 3 rings (SSSR count). The summed E-state index contributed by atoms with van der Waals surface area (Å²) in [6.45, 7) is 5.73. The number of carbonyl (C=O) groups excluding carboxylic acids is 2. The van der Waals surface area contributed by atoms with E-state index in [1.807, 2.05) is 4.90 Å². The summed E-state index contributed by atoms with van der Waals surface area (Å²) in [5.41, 5.74) is 2.89. The Morgan fingerprint density at radius 3 is 2.50 bits per heavy atom. The Hall–Kier alpha value is -1.43. The summed E-state index contributed by atoms with van der Waals surface area (Å²) in [6, 6.07) is 0.651. The van der Waals surface area contributed by atoms with Gasteiger partial charge in [0.2, 0.25) is 5.91 Å². The molecule has 3 aliphatic rings. The molecule has 2 aliphatic heterocycles. The monoisotopic (exact) mass is 278 g/mol. The molecule has 1 saturated carbocycles. The van der Waals surface area contributed by atoms with E-state index in [1.54, 1.807) is 0 Å². The first-order valence-corrected chi connectivity index (χ1v) is 7.54. The maximum Gasteiger partial charge on any atom is 0.270 e. The second kappa shape index (κ2) is 5.52. The van der Waals surface area contributed by atoms with Gasteiger partial charge in [-0.15, -0.1) is 0 Å². The number of nitrogens with zero attached hydrogens (tertiary/aromatic N) is 3. The maximum atomic E-state index is 12.3. The van der Waals surface area contributed by atoms with Gasteiger partial charge in [-0.3, -0.25) is 14.5 Å². The average molecular weight is 278 g/mol. The molecule has 1 aliphatic carbocycles. The molecule has 2 amide bonds. The first-order chi connectivity index (χ1) is 9.65. The van der Waals surface area contributed by atoms with Crippen LogP contribution in [0.15, 0.2) is 5.10 Å². The van der Waals surface area contributed by atoms with Gasteiger partial charge >= 0.3 is 0 Å². The van der Waals surface area contributed by atoms with Crippen molar-refractivity contribution in [1.82, 2.24) is 15.2 Å². The smallest absolute Gasteiger partial charge is 0.270 e. The summed E-state index contributed by atoms with van der Waals surface area (Å²) < 4.78 is 0. The lowest BCUT2D eigenvalue weighted by atomic mass is 10.1. The first kappa shape index (κ1) is 13.5. The number of piperazine rings is 1. The summed E-state index contributed by atoms with van der Waals surface area (Å²) in [7, 11) is 0. The minimum absolute atomic E-state index is 0.0104. The molecule has 0 aromatic rings. The van der Waals surface area contributed by atoms with Gasteiger partial charge in [0.15, 0.2) is 0 Å². The Kier molecular flexibility index (Phi) is 3.74. The summed E-state index contributed by atoms with van der Waals surface area (Å²) in [4.78, 5) is 27.7. The highest BCUT2D eigenvalue weighted by Gasteiger charge is 2.34. The van der Waals surface area contributed by atoms with Crippen molar-refractivity contribution in [2.24, 2.45) is 11.0 Å². The van der Waals surface area contributed by atoms with Crippen molar-refractivity contribution >= 4 is 17.5 Å². The Morgan fingerprint density at radius 1 is 1.25 bits per heavy atom. The molecule has 0 bridgehead atoms. The molecular formula is C14H22N4O2. The lowest BCUT2D eigenvalue weighted by Crippen LogP contribution is -2.53. The second-order valence-corrected chi connectivity index (χ2v) is 6.00. The van der Waals surface area contributed by atoms with Crippen LogP contribution in [0.3, 0.4) is 0 Å². The fourth-order valence-corrected chi connectivity index (χ4v) is 3.02. The minimum atomic E-state index is -0.107. The van der Waals surface area contributed by atoms with E-state index >= 15 is 0 Å². The van der Waals surface area contributed by atoms with Crippen LogP contribution in [0.5, 0.6) is 0 Å². The van der Waals surface area contributed by atoms with Crippen molar-refractivity contribution in [3.63, 3.8) is 0 Å². The van der Waals surface area contributed by atoms with Crippen LogP contribution < -0.4 is 5.43 Å². The van der Waals surface area contributed by atoms with Crippen molar-refractivity contribution in [2.45, 2.75) is 38.6 Å². The van der Waals surface area contributed by atoms with Gasteiger partial charge in [0.25, 0.3) is 5.91 Å². The van der Waals surface area contributed by atoms with Crippen LogP contribution >= 0.6 is 0 Å². The zero-order valence-corrected chi connectivity index (χ0v) is 12.0. The summed E-state index contributed by atoms with van der Waals surface area (Å²) in [5, 5.41) is 3.89. The van der Waals surface area contributed by atoms with Crippen LogP contribution in [-0.2, 0) is 9.59 Å². The van der Waals surface area contributed by atoms with Gasteiger partial charge in [-0.05, 0) is 25.7 Å². The van der Waals surface area contributed by atoms with E-state index in [0.29, 0.717) is 24.6 Å². The van der Waals surface area contributed by atoms with Gasteiger partial charge in [0.05, 0.1) is 0 Å². The number of hydrogen-bond acceptors (Lipinski definition) is 4. The molecule has 6 nitrogen and oxygen atoms in total. The van der Waals surface area contributed by atoms with Crippen LogP contribution in [0.1, 0.15) is 32.6 Å². The third-order valence-electron chi connectivity index (χ3n) is 4.63. The number of amides is 2. The molecule has 1 saturated heterocycles. The fourth-order valence-electron chi connectivity index (χ4n) is 3.02. The second-order valence-electron chi connectivity index (χ2n) is 6.00. The average Bonchev–Trinajstić information content (AvgIpc) is 3.31. The molecule has 110 valence electrons. The van der Waals surface area contributed by atoms with Gasteiger partial charge in [-0.1, -0.05) is 0 Å².